The monoisotopic (exact) mass is 450 g/mol. The number of rotatable bonds is 3. The van der Waals surface area contributed by atoms with Crippen molar-refractivity contribution in [1.29, 1.82) is 0 Å². The van der Waals surface area contributed by atoms with Gasteiger partial charge in [-0.2, -0.15) is 10.1 Å². The number of aliphatic hydroxyl groups is 1. The minimum Gasteiger partial charge on any atom is -0.365 e. The molecule has 2 aromatic carbocycles. The summed E-state index contributed by atoms with van der Waals surface area (Å²) in [5.74, 6) is -0.329. The van der Waals surface area contributed by atoms with Gasteiger partial charge in [-0.25, -0.2) is 0 Å². The molecule has 0 spiro atoms. The van der Waals surface area contributed by atoms with Gasteiger partial charge in [0.15, 0.2) is 5.72 Å². The molecule has 1 atom stereocenters. The van der Waals surface area contributed by atoms with Crippen LogP contribution in [-0.2, 0) is 5.72 Å². The van der Waals surface area contributed by atoms with Crippen LogP contribution in [0.25, 0.3) is 0 Å². The first-order valence-electron chi connectivity index (χ1n) is 7.59. The highest BCUT2D eigenvalue weighted by Crippen LogP contribution is 2.37. The van der Waals surface area contributed by atoms with Crippen molar-refractivity contribution < 1.29 is 9.90 Å². The van der Waals surface area contributed by atoms with Gasteiger partial charge in [-0.1, -0.05) is 57.0 Å². The number of carbonyl (C=O) groups is 1. The fourth-order valence-electron chi connectivity index (χ4n) is 2.71. The van der Waals surface area contributed by atoms with Crippen LogP contribution in [0.4, 0.5) is 0 Å². The van der Waals surface area contributed by atoms with Gasteiger partial charge in [0.1, 0.15) is 0 Å². The Balaban J connectivity index is 2.03. The average molecular weight is 452 g/mol. The molecule has 3 rings (SSSR count). The van der Waals surface area contributed by atoms with E-state index in [0.717, 1.165) is 14.7 Å². The fraction of sp³-hybridized carbons (Fsp3) is 0.222. The summed E-state index contributed by atoms with van der Waals surface area (Å²) in [6.07, 6.45) is 0.992. The lowest BCUT2D eigenvalue weighted by molar-refractivity contribution is -0.0765. The van der Waals surface area contributed by atoms with E-state index in [1.807, 2.05) is 25.1 Å². The summed E-state index contributed by atoms with van der Waals surface area (Å²) < 4.78 is 1.72. The van der Waals surface area contributed by atoms with E-state index in [9.17, 15) is 9.90 Å². The van der Waals surface area contributed by atoms with Crippen LogP contribution in [0.2, 0.25) is 0 Å². The lowest BCUT2D eigenvalue weighted by Crippen LogP contribution is -2.43. The quantitative estimate of drug-likeness (QED) is 0.737. The van der Waals surface area contributed by atoms with E-state index in [1.165, 1.54) is 5.01 Å². The van der Waals surface area contributed by atoms with Gasteiger partial charge < -0.3 is 5.11 Å². The molecule has 124 valence electrons. The van der Waals surface area contributed by atoms with Gasteiger partial charge in [-0.15, -0.1) is 0 Å². The molecule has 1 heterocycles. The molecule has 6 heteroatoms. The Bertz CT molecular complexity index is 805. The number of benzene rings is 2. The normalized spacial score (nSPS) is 20.2. The Kier molecular flexibility index (Phi) is 4.90. The lowest BCUT2D eigenvalue weighted by atomic mass is 9.96. The Labute approximate surface area is 157 Å². The van der Waals surface area contributed by atoms with Crippen LogP contribution < -0.4 is 0 Å². The highest BCUT2D eigenvalue weighted by molar-refractivity contribution is 9.10. The molecule has 0 unspecified atom stereocenters. The van der Waals surface area contributed by atoms with Crippen molar-refractivity contribution in [2.75, 3.05) is 0 Å². The van der Waals surface area contributed by atoms with Crippen LogP contribution in [-0.4, -0.2) is 21.7 Å². The van der Waals surface area contributed by atoms with Gasteiger partial charge >= 0.3 is 0 Å². The van der Waals surface area contributed by atoms with E-state index in [4.69, 9.17) is 0 Å². The van der Waals surface area contributed by atoms with Crippen molar-refractivity contribution in [3.05, 3.63) is 68.6 Å². The molecule has 0 aromatic heterocycles. The van der Waals surface area contributed by atoms with Crippen LogP contribution in [0.15, 0.2) is 62.6 Å². The third-order valence-electron chi connectivity index (χ3n) is 4.02. The number of hydrogen-bond acceptors (Lipinski definition) is 3. The van der Waals surface area contributed by atoms with Gasteiger partial charge in [-0.3, -0.25) is 4.79 Å². The van der Waals surface area contributed by atoms with Crippen LogP contribution >= 0.6 is 31.9 Å². The van der Waals surface area contributed by atoms with Gasteiger partial charge in [0, 0.05) is 32.2 Å². The van der Waals surface area contributed by atoms with Crippen molar-refractivity contribution in [1.82, 2.24) is 5.01 Å². The number of hydrogen-bond donors (Lipinski definition) is 1. The molecule has 1 N–H and O–H groups in total. The molecule has 2 aromatic rings. The van der Waals surface area contributed by atoms with Crippen LogP contribution in [0.1, 0.15) is 35.7 Å². The zero-order chi connectivity index (χ0) is 17.3. The van der Waals surface area contributed by atoms with E-state index >= 15 is 0 Å². The van der Waals surface area contributed by atoms with E-state index in [-0.39, 0.29) is 5.91 Å². The molecule has 0 fully saturated rings. The van der Waals surface area contributed by atoms with Crippen molar-refractivity contribution in [3.63, 3.8) is 0 Å². The molecule has 1 aliphatic rings. The maximum Gasteiger partial charge on any atom is 0.276 e. The third-order valence-corrected chi connectivity index (χ3v) is 5.04. The van der Waals surface area contributed by atoms with Crippen molar-refractivity contribution in [2.24, 2.45) is 5.10 Å². The average Bonchev–Trinajstić information content (AvgIpc) is 2.93. The number of hydrazone groups is 1. The minimum atomic E-state index is -1.47. The maximum absolute atomic E-state index is 12.9. The summed E-state index contributed by atoms with van der Waals surface area (Å²) in [5.41, 5.74) is 0.442. The number of nitrogens with zero attached hydrogens (tertiary/aromatic N) is 2. The molecule has 4 nitrogen and oxygen atoms in total. The third kappa shape index (κ3) is 3.18. The van der Waals surface area contributed by atoms with Gasteiger partial charge in [0.25, 0.3) is 5.91 Å². The second-order valence-corrected chi connectivity index (χ2v) is 7.48. The lowest BCUT2D eigenvalue weighted by Gasteiger charge is -2.31. The minimum absolute atomic E-state index is 0.310. The molecule has 0 bridgehead atoms. The summed E-state index contributed by atoms with van der Waals surface area (Å²) >= 11 is 6.76. The first kappa shape index (κ1) is 17.3. The zero-order valence-corrected chi connectivity index (χ0v) is 16.2. The van der Waals surface area contributed by atoms with E-state index in [1.54, 1.807) is 30.3 Å². The summed E-state index contributed by atoms with van der Waals surface area (Å²) in [7, 11) is 0. The second-order valence-electron chi connectivity index (χ2n) is 5.65. The van der Waals surface area contributed by atoms with Crippen molar-refractivity contribution in [2.45, 2.75) is 25.5 Å². The predicted octanol–water partition coefficient (Wildman–Crippen LogP) is 4.67. The predicted molar refractivity (Wildman–Crippen MR) is 101 cm³/mol. The van der Waals surface area contributed by atoms with Crippen LogP contribution in [0.3, 0.4) is 0 Å². The van der Waals surface area contributed by atoms with Gasteiger partial charge in [0.05, 0.1) is 0 Å². The Morgan fingerprint density at radius 3 is 2.54 bits per heavy atom. The summed E-state index contributed by atoms with van der Waals surface area (Å²) in [6, 6.07) is 14.4. The molecular weight excluding hydrogens is 436 g/mol. The number of carbonyl (C=O) groups excluding carboxylic acids is 1. The molecule has 0 radical (unpaired) electrons. The van der Waals surface area contributed by atoms with Gasteiger partial charge in [-0.05, 0) is 36.8 Å². The topological polar surface area (TPSA) is 52.9 Å². The van der Waals surface area contributed by atoms with Crippen molar-refractivity contribution in [3.8, 4) is 0 Å². The van der Waals surface area contributed by atoms with Gasteiger partial charge in [0.2, 0.25) is 0 Å². The van der Waals surface area contributed by atoms with Crippen LogP contribution in [0.5, 0.6) is 0 Å². The van der Waals surface area contributed by atoms with Crippen LogP contribution in [0, 0.1) is 0 Å². The molecule has 1 aliphatic heterocycles. The highest BCUT2D eigenvalue weighted by Gasteiger charge is 2.45. The second kappa shape index (κ2) is 6.78. The summed E-state index contributed by atoms with van der Waals surface area (Å²) in [4.78, 5) is 12.9. The molecule has 1 amide bonds. The number of halogens is 2. The summed E-state index contributed by atoms with van der Waals surface area (Å²) in [6.45, 7) is 1.97. The highest BCUT2D eigenvalue weighted by atomic mass is 79.9. The van der Waals surface area contributed by atoms with E-state index < -0.39 is 5.72 Å². The fourth-order valence-corrected chi connectivity index (χ4v) is 3.38. The largest absolute Gasteiger partial charge is 0.365 e. The van der Waals surface area contributed by atoms with E-state index in [2.05, 4.69) is 37.0 Å². The van der Waals surface area contributed by atoms with Crippen molar-refractivity contribution >= 4 is 43.5 Å². The zero-order valence-electron chi connectivity index (χ0n) is 13.0. The molecular formula is C18H16Br2N2O2. The maximum atomic E-state index is 12.9. The summed E-state index contributed by atoms with van der Waals surface area (Å²) in [5, 5.41) is 16.9. The molecule has 0 saturated heterocycles. The number of amides is 1. The first-order valence-corrected chi connectivity index (χ1v) is 9.17. The SMILES string of the molecule is CCC1=NN(C(=O)c2cccc(Br)c2)[C@@](O)(c2ccc(Br)cc2)C1. The molecule has 0 aliphatic carbocycles. The standard InChI is InChI=1S/C18H16Br2N2O2/c1-2-16-11-18(24,13-6-8-14(19)9-7-13)22(21-16)17(23)12-4-3-5-15(20)10-12/h3-10,24H,2,11H2,1H3/t18-/m0/s1. The Morgan fingerprint density at radius 2 is 1.92 bits per heavy atom. The Morgan fingerprint density at radius 1 is 1.21 bits per heavy atom. The first-order chi connectivity index (χ1) is 11.4. The molecule has 0 saturated carbocycles. The van der Waals surface area contributed by atoms with E-state index in [0.29, 0.717) is 24.0 Å². The Hall–Kier alpha value is -1.50. The molecule has 24 heavy (non-hydrogen) atoms. The smallest absolute Gasteiger partial charge is 0.276 e.